The molecule has 1 aliphatic heterocycles. The third-order valence-electron chi connectivity index (χ3n) is 4.85. The summed E-state index contributed by atoms with van der Waals surface area (Å²) in [6.45, 7) is 1.39. The molecule has 0 radical (unpaired) electrons. The highest BCUT2D eigenvalue weighted by Gasteiger charge is 2.34. The van der Waals surface area contributed by atoms with Crippen molar-refractivity contribution in [2.75, 3.05) is 20.3 Å². The van der Waals surface area contributed by atoms with Crippen LogP contribution in [0.5, 0.6) is 5.75 Å². The zero-order chi connectivity index (χ0) is 24.0. The summed E-state index contributed by atoms with van der Waals surface area (Å²) in [6.07, 6.45) is 0. The molecule has 10 nitrogen and oxygen atoms in total. The molecular formula is C23H23N3O7. The Morgan fingerprint density at radius 1 is 0.939 bits per heavy atom. The number of urea groups is 1. The van der Waals surface area contributed by atoms with Crippen LogP contribution in [0.4, 0.5) is 4.79 Å². The Morgan fingerprint density at radius 2 is 1.58 bits per heavy atom. The van der Waals surface area contributed by atoms with Crippen molar-refractivity contribution >= 4 is 23.9 Å². The molecule has 2 aromatic rings. The van der Waals surface area contributed by atoms with E-state index in [0.29, 0.717) is 11.3 Å². The van der Waals surface area contributed by atoms with Gasteiger partial charge in [0.1, 0.15) is 12.4 Å². The monoisotopic (exact) mass is 453 g/mol. The molecule has 0 fully saturated rings. The normalized spacial score (nSPS) is 15.2. The number of amides is 3. The van der Waals surface area contributed by atoms with E-state index in [0.717, 1.165) is 0 Å². The summed E-state index contributed by atoms with van der Waals surface area (Å²) in [7, 11) is 1.53. The first-order valence-corrected chi connectivity index (χ1v) is 10.0. The Bertz CT molecular complexity index is 1090. The van der Waals surface area contributed by atoms with E-state index in [-0.39, 0.29) is 35.6 Å². The quantitative estimate of drug-likeness (QED) is 0.517. The van der Waals surface area contributed by atoms with Gasteiger partial charge in [-0.1, -0.05) is 12.1 Å². The van der Waals surface area contributed by atoms with Crippen LogP contribution in [0.3, 0.4) is 0 Å². The van der Waals surface area contributed by atoms with Crippen LogP contribution in [0, 0.1) is 0 Å². The lowest BCUT2D eigenvalue weighted by Crippen LogP contribution is -2.47. The minimum atomic E-state index is -0.827. The molecule has 4 N–H and O–H groups in total. The minimum Gasteiger partial charge on any atom is -0.497 e. The molecule has 33 heavy (non-hydrogen) atoms. The molecule has 3 rings (SSSR count). The molecule has 172 valence electrons. The Morgan fingerprint density at radius 3 is 2.15 bits per heavy atom. The van der Waals surface area contributed by atoms with Gasteiger partial charge in [-0.3, -0.25) is 4.79 Å². The van der Waals surface area contributed by atoms with Crippen LogP contribution in [0.25, 0.3) is 0 Å². The van der Waals surface area contributed by atoms with Gasteiger partial charge in [0.2, 0.25) is 5.91 Å². The number of carbonyl (C=O) groups is 4. The number of esters is 2. The summed E-state index contributed by atoms with van der Waals surface area (Å²) in [6, 6.07) is 11.0. The summed E-state index contributed by atoms with van der Waals surface area (Å²) in [5.41, 5.74) is 6.43. The largest absolute Gasteiger partial charge is 0.497 e. The SMILES string of the molecule is CCOC(=O)C1=C(COC(=O)c2ccc(C(N)=O)cc2)NC(=O)NC1c1ccc(OC)cc1. The standard InChI is InChI=1S/C23H23N3O7/c1-3-32-22(29)18-17(12-33-21(28)15-6-4-14(5-7-15)20(24)27)25-23(30)26-19(18)13-8-10-16(31-2)11-9-13/h4-11,19H,3,12H2,1-2H3,(H2,24,27)(H2,25,26,30). The molecule has 0 bridgehead atoms. The average molecular weight is 453 g/mol. The fourth-order valence-electron chi connectivity index (χ4n) is 3.22. The van der Waals surface area contributed by atoms with Crippen molar-refractivity contribution in [2.45, 2.75) is 13.0 Å². The number of nitrogens with two attached hydrogens (primary N) is 1. The highest BCUT2D eigenvalue weighted by molar-refractivity contribution is 5.96. The van der Waals surface area contributed by atoms with Crippen molar-refractivity contribution < 1.29 is 33.4 Å². The van der Waals surface area contributed by atoms with Gasteiger partial charge in [0.25, 0.3) is 0 Å². The molecule has 2 aromatic carbocycles. The maximum absolute atomic E-state index is 12.8. The van der Waals surface area contributed by atoms with Gasteiger partial charge < -0.3 is 30.6 Å². The summed E-state index contributed by atoms with van der Waals surface area (Å²) in [5.74, 6) is -1.39. The van der Waals surface area contributed by atoms with Crippen molar-refractivity contribution in [3.8, 4) is 5.75 Å². The third kappa shape index (κ3) is 5.48. The summed E-state index contributed by atoms with van der Waals surface area (Å²) in [5, 5.41) is 5.22. The van der Waals surface area contributed by atoms with Gasteiger partial charge in [-0.25, -0.2) is 14.4 Å². The van der Waals surface area contributed by atoms with Crippen LogP contribution >= 0.6 is 0 Å². The van der Waals surface area contributed by atoms with E-state index in [1.807, 2.05) is 0 Å². The minimum absolute atomic E-state index is 0.0973. The molecule has 0 aliphatic carbocycles. The van der Waals surface area contributed by atoms with Crippen LogP contribution < -0.4 is 21.1 Å². The summed E-state index contributed by atoms with van der Waals surface area (Å²) in [4.78, 5) is 48.7. The molecule has 10 heteroatoms. The van der Waals surface area contributed by atoms with Crippen LogP contribution in [0.2, 0.25) is 0 Å². The molecule has 1 unspecified atom stereocenters. The smallest absolute Gasteiger partial charge is 0.338 e. The molecule has 1 aliphatic rings. The van der Waals surface area contributed by atoms with E-state index in [9.17, 15) is 19.2 Å². The van der Waals surface area contributed by atoms with Gasteiger partial charge >= 0.3 is 18.0 Å². The van der Waals surface area contributed by atoms with Crippen molar-refractivity contribution in [1.29, 1.82) is 0 Å². The van der Waals surface area contributed by atoms with Gasteiger partial charge in [0, 0.05) is 5.56 Å². The Balaban J connectivity index is 1.88. The zero-order valence-corrected chi connectivity index (χ0v) is 18.0. The third-order valence-corrected chi connectivity index (χ3v) is 4.85. The second-order valence-corrected chi connectivity index (χ2v) is 6.94. The van der Waals surface area contributed by atoms with Gasteiger partial charge in [0.15, 0.2) is 0 Å². The first-order chi connectivity index (χ1) is 15.8. The van der Waals surface area contributed by atoms with Crippen LogP contribution in [-0.4, -0.2) is 44.2 Å². The lowest BCUT2D eigenvalue weighted by atomic mass is 9.95. The van der Waals surface area contributed by atoms with Crippen molar-refractivity contribution in [1.82, 2.24) is 10.6 Å². The van der Waals surface area contributed by atoms with Crippen LogP contribution in [0.1, 0.15) is 39.2 Å². The first-order valence-electron chi connectivity index (χ1n) is 10.0. The summed E-state index contributed by atoms with van der Waals surface area (Å²) < 4.78 is 15.6. The Kier molecular flexibility index (Phi) is 7.29. The van der Waals surface area contributed by atoms with E-state index in [1.54, 1.807) is 31.2 Å². The topological polar surface area (TPSA) is 146 Å². The number of methoxy groups -OCH3 is 1. The molecular weight excluding hydrogens is 430 g/mol. The number of hydrogen-bond acceptors (Lipinski definition) is 7. The Hall–Kier alpha value is -4.34. The molecule has 0 saturated carbocycles. The van der Waals surface area contributed by atoms with E-state index < -0.39 is 29.9 Å². The highest BCUT2D eigenvalue weighted by atomic mass is 16.5. The van der Waals surface area contributed by atoms with Gasteiger partial charge in [0.05, 0.1) is 36.6 Å². The number of nitrogens with one attached hydrogen (secondary N) is 2. The summed E-state index contributed by atoms with van der Waals surface area (Å²) >= 11 is 0. The molecule has 0 spiro atoms. The van der Waals surface area contributed by atoms with Crippen molar-refractivity contribution in [2.24, 2.45) is 5.73 Å². The zero-order valence-electron chi connectivity index (χ0n) is 18.0. The number of hydrogen-bond donors (Lipinski definition) is 3. The van der Waals surface area contributed by atoms with Gasteiger partial charge in [-0.05, 0) is 48.9 Å². The Labute approximate surface area is 189 Å². The first kappa shape index (κ1) is 23.3. The number of rotatable bonds is 8. The second-order valence-electron chi connectivity index (χ2n) is 6.94. The fraction of sp³-hybridized carbons (Fsp3) is 0.217. The van der Waals surface area contributed by atoms with Crippen molar-refractivity contribution in [3.63, 3.8) is 0 Å². The van der Waals surface area contributed by atoms with Crippen LogP contribution in [0.15, 0.2) is 59.8 Å². The maximum atomic E-state index is 12.8. The van der Waals surface area contributed by atoms with Gasteiger partial charge in [-0.2, -0.15) is 0 Å². The molecule has 1 heterocycles. The van der Waals surface area contributed by atoms with Gasteiger partial charge in [-0.15, -0.1) is 0 Å². The fourth-order valence-corrected chi connectivity index (χ4v) is 3.22. The van der Waals surface area contributed by atoms with E-state index in [1.165, 1.54) is 31.4 Å². The van der Waals surface area contributed by atoms with E-state index >= 15 is 0 Å². The predicted octanol–water partition coefficient (Wildman–Crippen LogP) is 1.82. The molecule has 3 amide bonds. The average Bonchev–Trinajstić information content (AvgIpc) is 2.82. The number of carbonyl (C=O) groups excluding carboxylic acids is 4. The number of primary amides is 1. The van der Waals surface area contributed by atoms with Crippen LogP contribution in [-0.2, 0) is 14.3 Å². The second kappa shape index (κ2) is 10.3. The maximum Gasteiger partial charge on any atom is 0.338 e. The lowest BCUT2D eigenvalue weighted by Gasteiger charge is -2.29. The molecule has 1 atom stereocenters. The molecule has 0 aromatic heterocycles. The van der Waals surface area contributed by atoms with E-state index in [4.69, 9.17) is 19.9 Å². The highest BCUT2D eigenvalue weighted by Crippen LogP contribution is 2.29. The predicted molar refractivity (Wildman–Crippen MR) is 116 cm³/mol. The lowest BCUT2D eigenvalue weighted by molar-refractivity contribution is -0.139. The number of ether oxygens (including phenoxy) is 3. The molecule has 0 saturated heterocycles. The van der Waals surface area contributed by atoms with E-state index in [2.05, 4.69) is 10.6 Å². The number of benzene rings is 2. The van der Waals surface area contributed by atoms with Crippen molar-refractivity contribution in [3.05, 3.63) is 76.5 Å².